The third kappa shape index (κ3) is 8.04. The number of ether oxygens (including phenoxy) is 2. The number of hydrogen-bond acceptors (Lipinski definition) is 4. The molecule has 170 valence electrons. The highest BCUT2D eigenvalue weighted by Crippen LogP contribution is 2.26. The van der Waals surface area contributed by atoms with Crippen molar-refractivity contribution in [2.75, 3.05) is 18.5 Å². The first-order valence-corrected chi connectivity index (χ1v) is 11.6. The summed E-state index contributed by atoms with van der Waals surface area (Å²) in [6, 6.07) is 22.6. The zero-order valence-corrected chi connectivity index (χ0v) is 20.7. The molecule has 3 aromatic carbocycles. The van der Waals surface area contributed by atoms with Gasteiger partial charge in [0, 0.05) is 23.7 Å². The van der Waals surface area contributed by atoms with Gasteiger partial charge in [0.2, 0.25) is 0 Å². The summed E-state index contributed by atoms with van der Waals surface area (Å²) < 4.78 is 12.2. The van der Waals surface area contributed by atoms with E-state index in [-0.39, 0.29) is 11.0 Å². The van der Waals surface area contributed by atoms with Crippen LogP contribution in [0.2, 0.25) is 0 Å². The van der Waals surface area contributed by atoms with E-state index < -0.39 is 0 Å². The fourth-order valence-corrected chi connectivity index (χ4v) is 3.59. The summed E-state index contributed by atoms with van der Waals surface area (Å²) in [6.07, 6.45) is 0.800. The largest absolute Gasteiger partial charge is 0.492 e. The SMILES string of the molecule is C=C(C)COc1cccc(NC(=S)NC(=O)c2ccc(OCCc3ccccc3)c(Br)c2)c1. The molecule has 0 spiro atoms. The standard InChI is InChI=1S/C26H25BrN2O3S/c1-18(2)17-32-22-10-6-9-21(16-22)28-26(33)29-25(30)20-11-12-24(23(27)15-20)31-14-13-19-7-4-3-5-8-19/h3-12,15-16H,1,13-14,17H2,2H3,(H2,28,29,30,33). The van der Waals surface area contributed by atoms with Crippen molar-refractivity contribution in [3.8, 4) is 11.5 Å². The molecule has 0 fully saturated rings. The maximum absolute atomic E-state index is 12.6. The van der Waals surface area contributed by atoms with Crippen LogP contribution in [0, 0.1) is 0 Å². The van der Waals surface area contributed by atoms with Gasteiger partial charge in [-0.1, -0.05) is 43.0 Å². The molecule has 0 aliphatic rings. The highest BCUT2D eigenvalue weighted by atomic mass is 79.9. The van der Waals surface area contributed by atoms with Crippen LogP contribution in [0.5, 0.6) is 11.5 Å². The fourth-order valence-electron chi connectivity index (χ4n) is 2.89. The average molecular weight is 525 g/mol. The van der Waals surface area contributed by atoms with Crippen LogP contribution in [-0.2, 0) is 6.42 Å². The lowest BCUT2D eigenvalue weighted by molar-refractivity contribution is 0.0977. The van der Waals surface area contributed by atoms with Gasteiger partial charge in [-0.15, -0.1) is 0 Å². The van der Waals surface area contributed by atoms with Gasteiger partial charge in [0.05, 0.1) is 11.1 Å². The number of thiocarbonyl (C=S) groups is 1. The van der Waals surface area contributed by atoms with Gasteiger partial charge in [0.25, 0.3) is 5.91 Å². The molecule has 5 nitrogen and oxygen atoms in total. The fraction of sp³-hybridized carbons (Fsp3) is 0.154. The molecule has 1 amide bonds. The van der Waals surface area contributed by atoms with Crippen molar-refractivity contribution in [1.82, 2.24) is 5.32 Å². The number of anilines is 1. The summed E-state index contributed by atoms with van der Waals surface area (Å²) in [5.41, 5.74) is 3.30. The maximum atomic E-state index is 12.6. The highest BCUT2D eigenvalue weighted by molar-refractivity contribution is 9.10. The predicted molar refractivity (Wildman–Crippen MR) is 140 cm³/mol. The molecule has 33 heavy (non-hydrogen) atoms. The van der Waals surface area contributed by atoms with Crippen molar-refractivity contribution in [2.24, 2.45) is 0 Å². The molecule has 0 aliphatic heterocycles. The van der Waals surface area contributed by atoms with E-state index in [0.29, 0.717) is 40.4 Å². The minimum Gasteiger partial charge on any atom is -0.492 e. The smallest absolute Gasteiger partial charge is 0.257 e. The van der Waals surface area contributed by atoms with Crippen LogP contribution in [0.3, 0.4) is 0 Å². The molecule has 0 radical (unpaired) electrons. The lowest BCUT2D eigenvalue weighted by Gasteiger charge is -2.13. The van der Waals surface area contributed by atoms with Gasteiger partial charge in [-0.25, -0.2) is 0 Å². The van der Waals surface area contributed by atoms with Crippen LogP contribution in [0.25, 0.3) is 0 Å². The molecule has 0 saturated carbocycles. The Morgan fingerprint density at radius 1 is 1.03 bits per heavy atom. The van der Waals surface area contributed by atoms with E-state index in [1.165, 1.54) is 5.56 Å². The van der Waals surface area contributed by atoms with E-state index in [4.69, 9.17) is 21.7 Å². The van der Waals surface area contributed by atoms with Crippen LogP contribution >= 0.6 is 28.1 Å². The molecule has 0 aliphatic carbocycles. The van der Waals surface area contributed by atoms with E-state index in [1.807, 2.05) is 43.3 Å². The van der Waals surface area contributed by atoms with Gasteiger partial charge in [-0.3, -0.25) is 10.1 Å². The summed E-state index contributed by atoms with van der Waals surface area (Å²) >= 11 is 8.77. The van der Waals surface area contributed by atoms with Crippen molar-refractivity contribution in [3.63, 3.8) is 0 Å². The molecule has 0 aromatic heterocycles. The number of halogens is 1. The molecule has 0 bridgehead atoms. The summed E-state index contributed by atoms with van der Waals surface area (Å²) in [7, 11) is 0. The minimum absolute atomic E-state index is 0.191. The van der Waals surface area contributed by atoms with Crippen LogP contribution in [0.1, 0.15) is 22.8 Å². The van der Waals surface area contributed by atoms with Gasteiger partial charge < -0.3 is 14.8 Å². The minimum atomic E-state index is -0.321. The first-order chi connectivity index (χ1) is 15.9. The van der Waals surface area contributed by atoms with Crippen LogP contribution in [0.4, 0.5) is 5.69 Å². The molecule has 0 unspecified atom stereocenters. The summed E-state index contributed by atoms with van der Waals surface area (Å²) in [6.45, 7) is 6.69. The maximum Gasteiger partial charge on any atom is 0.257 e. The first-order valence-electron chi connectivity index (χ1n) is 10.4. The molecule has 3 aromatic rings. The Balaban J connectivity index is 1.52. The van der Waals surface area contributed by atoms with Crippen LogP contribution < -0.4 is 20.1 Å². The second-order valence-corrected chi connectivity index (χ2v) is 8.67. The Kier molecular flexibility index (Phi) is 9.04. The Morgan fingerprint density at radius 3 is 2.55 bits per heavy atom. The second kappa shape index (κ2) is 12.2. The monoisotopic (exact) mass is 524 g/mol. The van der Waals surface area contributed by atoms with E-state index in [9.17, 15) is 4.79 Å². The van der Waals surface area contributed by atoms with Crippen molar-refractivity contribution in [2.45, 2.75) is 13.3 Å². The lowest BCUT2D eigenvalue weighted by atomic mass is 10.2. The Morgan fingerprint density at radius 2 is 1.82 bits per heavy atom. The van der Waals surface area contributed by atoms with Gasteiger partial charge in [-0.05, 0) is 76.5 Å². The summed E-state index contributed by atoms with van der Waals surface area (Å²) in [5, 5.41) is 5.88. The number of amides is 1. The first kappa shape index (κ1) is 24.5. The van der Waals surface area contributed by atoms with Gasteiger partial charge in [0.1, 0.15) is 18.1 Å². The van der Waals surface area contributed by atoms with Crippen molar-refractivity contribution >= 4 is 44.9 Å². The van der Waals surface area contributed by atoms with E-state index in [2.05, 4.69) is 45.3 Å². The molecule has 3 rings (SSSR count). The lowest BCUT2D eigenvalue weighted by Crippen LogP contribution is -2.34. The second-order valence-electron chi connectivity index (χ2n) is 7.41. The van der Waals surface area contributed by atoms with E-state index in [1.54, 1.807) is 24.3 Å². The summed E-state index contributed by atoms with van der Waals surface area (Å²) in [5.74, 6) is 1.04. The Labute approximate surface area is 207 Å². The third-order valence-corrected chi connectivity index (χ3v) is 5.31. The molecular weight excluding hydrogens is 500 g/mol. The Bertz CT molecular complexity index is 1140. The zero-order valence-electron chi connectivity index (χ0n) is 18.3. The topological polar surface area (TPSA) is 59.6 Å². The normalized spacial score (nSPS) is 10.2. The number of benzene rings is 3. The number of carbonyl (C=O) groups is 1. The average Bonchev–Trinajstić information content (AvgIpc) is 2.79. The quantitative estimate of drug-likeness (QED) is 0.259. The van der Waals surface area contributed by atoms with Gasteiger partial charge >= 0.3 is 0 Å². The number of rotatable bonds is 9. The third-order valence-electron chi connectivity index (χ3n) is 4.49. The van der Waals surface area contributed by atoms with E-state index in [0.717, 1.165) is 12.0 Å². The van der Waals surface area contributed by atoms with Crippen LogP contribution in [-0.4, -0.2) is 24.2 Å². The molecule has 7 heteroatoms. The molecule has 0 saturated heterocycles. The van der Waals surface area contributed by atoms with Gasteiger partial charge in [0.15, 0.2) is 5.11 Å². The molecule has 2 N–H and O–H groups in total. The molecular formula is C26H25BrN2O3S. The number of carbonyl (C=O) groups excluding carboxylic acids is 1. The van der Waals surface area contributed by atoms with Crippen LogP contribution in [0.15, 0.2) is 89.4 Å². The highest BCUT2D eigenvalue weighted by Gasteiger charge is 2.11. The molecule has 0 atom stereocenters. The van der Waals surface area contributed by atoms with E-state index >= 15 is 0 Å². The Hall–Kier alpha value is -3.16. The number of nitrogens with one attached hydrogen (secondary N) is 2. The molecule has 0 heterocycles. The predicted octanol–water partition coefficient (Wildman–Crippen LogP) is 6.15. The zero-order chi connectivity index (χ0) is 23.6. The van der Waals surface area contributed by atoms with Crippen molar-refractivity contribution in [3.05, 3.63) is 101 Å². The van der Waals surface area contributed by atoms with Gasteiger partial charge in [-0.2, -0.15) is 0 Å². The summed E-state index contributed by atoms with van der Waals surface area (Å²) in [4.78, 5) is 12.6. The van der Waals surface area contributed by atoms with Crippen molar-refractivity contribution < 1.29 is 14.3 Å². The number of hydrogen-bond donors (Lipinski definition) is 2. The van der Waals surface area contributed by atoms with Crippen molar-refractivity contribution in [1.29, 1.82) is 0 Å².